The van der Waals surface area contributed by atoms with E-state index in [4.69, 9.17) is 23.2 Å². The van der Waals surface area contributed by atoms with Crippen molar-refractivity contribution in [1.82, 2.24) is 14.9 Å². The van der Waals surface area contributed by atoms with Gasteiger partial charge in [-0.3, -0.25) is 14.2 Å². The summed E-state index contributed by atoms with van der Waals surface area (Å²) < 4.78 is 1.33. The highest BCUT2D eigenvalue weighted by molar-refractivity contribution is 6.42. The van der Waals surface area contributed by atoms with Crippen LogP contribution in [0, 0.1) is 6.92 Å². The lowest BCUT2D eigenvalue weighted by atomic mass is 10.1. The molecule has 3 aromatic rings. The van der Waals surface area contributed by atoms with Crippen LogP contribution in [-0.4, -0.2) is 22.0 Å². The molecule has 0 spiro atoms. The van der Waals surface area contributed by atoms with Gasteiger partial charge in [-0.1, -0.05) is 41.4 Å². The number of nitrogens with one attached hydrogen (secondary N) is 1. The first-order valence-electron chi connectivity index (χ1n) is 8.61. The molecule has 0 bridgehead atoms. The molecule has 0 atom stereocenters. The highest BCUT2D eigenvalue weighted by atomic mass is 35.5. The first-order valence-corrected chi connectivity index (χ1v) is 9.36. The van der Waals surface area contributed by atoms with Crippen molar-refractivity contribution < 1.29 is 4.79 Å². The van der Waals surface area contributed by atoms with Gasteiger partial charge in [-0.2, -0.15) is 0 Å². The van der Waals surface area contributed by atoms with E-state index in [-0.39, 0.29) is 18.0 Å². The minimum Gasteiger partial charge on any atom is -0.355 e. The highest BCUT2D eigenvalue weighted by Gasteiger charge is 2.09. The third kappa shape index (κ3) is 4.67. The van der Waals surface area contributed by atoms with E-state index >= 15 is 0 Å². The summed E-state index contributed by atoms with van der Waals surface area (Å²) >= 11 is 11.9. The smallest absolute Gasteiger partial charge is 0.261 e. The molecule has 1 aromatic heterocycles. The molecule has 0 aliphatic carbocycles. The number of para-hydroxylation sites is 1. The normalized spacial score (nSPS) is 10.9. The van der Waals surface area contributed by atoms with Crippen LogP contribution in [0.5, 0.6) is 0 Å². The summed E-state index contributed by atoms with van der Waals surface area (Å²) in [6, 6.07) is 10.9. The molecule has 140 valence electrons. The van der Waals surface area contributed by atoms with Gasteiger partial charge in [-0.05, 0) is 49.1 Å². The molecule has 7 heteroatoms. The van der Waals surface area contributed by atoms with Gasteiger partial charge in [0.1, 0.15) is 6.54 Å². The molecular formula is C20H19Cl2N3O2. The minimum atomic E-state index is -0.222. The van der Waals surface area contributed by atoms with Gasteiger partial charge in [0, 0.05) is 6.54 Å². The van der Waals surface area contributed by atoms with Gasteiger partial charge < -0.3 is 5.32 Å². The van der Waals surface area contributed by atoms with Crippen LogP contribution in [-0.2, 0) is 17.8 Å². The Kier molecular flexibility index (Phi) is 6.14. The molecular weight excluding hydrogens is 385 g/mol. The van der Waals surface area contributed by atoms with E-state index in [1.54, 1.807) is 12.1 Å². The van der Waals surface area contributed by atoms with Crippen LogP contribution in [0.4, 0.5) is 0 Å². The summed E-state index contributed by atoms with van der Waals surface area (Å²) in [5, 5.41) is 4.40. The van der Waals surface area contributed by atoms with Crippen molar-refractivity contribution in [1.29, 1.82) is 0 Å². The van der Waals surface area contributed by atoms with Gasteiger partial charge >= 0.3 is 0 Å². The van der Waals surface area contributed by atoms with Gasteiger partial charge in [-0.15, -0.1) is 0 Å². The Morgan fingerprint density at radius 1 is 1.19 bits per heavy atom. The summed E-state index contributed by atoms with van der Waals surface area (Å²) in [6.45, 7) is 2.36. The Morgan fingerprint density at radius 2 is 2.00 bits per heavy atom. The van der Waals surface area contributed by atoms with Gasteiger partial charge in [0.25, 0.3) is 5.56 Å². The van der Waals surface area contributed by atoms with E-state index in [9.17, 15) is 9.59 Å². The van der Waals surface area contributed by atoms with E-state index in [0.717, 1.165) is 24.0 Å². The SMILES string of the molecule is Cc1cccc2c(=O)n(CC(=O)NCCCc3ccc(Cl)c(Cl)c3)cnc12. The number of rotatable bonds is 6. The minimum absolute atomic E-state index is 0.0531. The van der Waals surface area contributed by atoms with E-state index in [1.165, 1.54) is 10.9 Å². The molecule has 0 aliphatic rings. The lowest BCUT2D eigenvalue weighted by Crippen LogP contribution is -2.33. The highest BCUT2D eigenvalue weighted by Crippen LogP contribution is 2.23. The Labute approximate surface area is 166 Å². The number of benzene rings is 2. The van der Waals surface area contributed by atoms with Crippen LogP contribution in [0.15, 0.2) is 47.5 Å². The maximum Gasteiger partial charge on any atom is 0.261 e. The lowest BCUT2D eigenvalue weighted by Gasteiger charge is -2.09. The number of hydrogen-bond donors (Lipinski definition) is 1. The molecule has 0 unspecified atom stereocenters. The largest absolute Gasteiger partial charge is 0.355 e. The van der Waals surface area contributed by atoms with Crippen LogP contribution in [0.25, 0.3) is 10.9 Å². The second-order valence-corrected chi connectivity index (χ2v) is 7.17. The fraction of sp³-hybridized carbons (Fsp3) is 0.250. The van der Waals surface area contributed by atoms with Crippen LogP contribution >= 0.6 is 23.2 Å². The molecule has 5 nitrogen and oxygen atoms in total. The Bertz CT molecular complexity index is 1050. The predicted octanol–water partition coefficient (Wildman–Crippen LogP) is 3.76. The fourth-order valence-corrected chi connectivity index (χ4v) is 3.20. The fourth-order valence-electron chi connectivity index (χ4n) is 2.88. The Hall–Kier alpha value is -2.37. The maximum absolute atomic E-state index is 12.5. The van der Waals surface area contributed by atoms with Gasteiger partial charge in [0.2, 0.25) is 5.91 Å². The zero-order valence-corrected chi connectivity index (χ0v) is 16.3. The number of aromatic nitrogens is 2. The molecule has 1 heterocycles. The van der Waals surface area contributed by atoms with Crippen molar-refractivity contribution in [2.75, 3.05) is 6.54 Å². The predicted molar refractivity (Wildman–Crippen MR) is 109 cm³/mol. The summed E-state index contributed by atoms with van der Waals surface area (Å²) in [4.78, 5) is 29.0. The van der Waals surface area contributed by atoms with Crippen molar-refractivity contribution in [3.8, 4) is 0 Å². The molecule has 0 saturated carbocycles. The molecule has 2 aromatic carbocycles. The zero-order valence-electron chi connectivity index (χ0n) is 14.8. The van der Waals surface area contributed by atoms with Gasteiger partial charge in [-0.25, -0.2) is 4.98 Å². The third-order valence-corrected chi connectivity index (χ3v) is 5.06. The van der Waals surface area contributed by atoms with E-state index in [2.05, 4.69) is 10.3 Å². The number of carbonyl (C=O) groups excluding carboxylic acids is 1. The number of carbonyl (C=O) groups is 1. The number of nitrogens with zero attached hydrogens (tertiary/aromatic N) is 2. The molecule has 0 fully saturated rings. The second-order valence-electron chi connectivity index (χ2n) is 6.35. The van der Waals surface area contributed by atoms with Crippen molar-refractivity contribution in [2.24, 2.45) is 0 Å². The van der Waals surface area contributed by atoms with E-state index in [1.807, 2.05) is 31.2 Å². The molecule has 1 N–H and O–H groups in total. The van der Waals surface area contributed by atoms with Crippen LogP contribution in [0.2, 0.25) is 10.0 Å². The van der Waals surface area contributed by atoms with Gasteiger partial charge in [0.05, 0.1) is 27.3 Å². The third-order valence-electron chi connectivity index (χ3n) is 4.32. The van der Waals surface area contributed by atoms with Crippen molar-refractivity contribution >= 4 is 40.0 Å². The molecule has 3 rings (SSSR count). The Balaban J connectivity index is 1.55. The van der Waals surface area contributed by atoms with Crippen LogP contribution < -0.4 is 10.9 Å². The van der Waals surface area contributed by atoms with Crippen molar-refractivity contribution in [3.63, 3.8) is 0 Å². The number of hydrogen-bond acceptors (Lipinski definition) is 3. The summed E-state index contributed by atoms with van der Waals surface area (Å²) in [7, 11) is 0. The lowest BCUT2D eigenvalue weighted by molar-refractivity contribution is -0.121. The van der Waals surface area contributed by atoms with E-state index in [0.29, 0.717) is 27.5 Å². The number of halogens is 2. The summed E-state index contributed by atoms with van der Waals surface area (Å²) in [5.74, 6) is -0.222. The van der Waals surface area contributed by atoms with E-state index < -0.39 is 0 Å². The first-order chi connectivity index (χ1) is 13.0. The van der Waals surface area contributed by atoms with Crippen molar-refractivity contribution in [2.45, 2.75) is 26.3 Å². The zero-order chi connectivity index (χ0) is 19.4. The topological polar surface area (TPSA) is 64.0 Å². The standard InChI is InChI=1S/C20H19Cl2N3O2/c1-13-4-2-6-15-19(13)24-12-25(20(15)27)11-18(26)23-9-3-5-14-7-8-16(21)17(22)10-14/h2,4,6-8,10,12H,3,5,9,11H2,1H3,(H,23,26). The van der Waals surface area contributed by atoms with Gasteiger partial charge in [0.15, 0.2) is 0 Å². The molecule has 0 radical (unpaired) electrons. The molecule has 1 amide bonds. The molecule has 27 heavy (non-hydrogen) atoms. The van der Waals surface area contributed by atoms with Crippen LogP contribution in [0.1, 0.15) is 17.5 Å². The summed E-state index contributed by atoms with van der Waals surface area (Å²) in [6.07, 6.45) is 2.95. The average Bonchev–Trinajstić information content (AvgIpc) is 2.64. The number of fused-ring (bicyclic) bond motifs is 1. The molecule has 0 saturated heterocycles. The van der Waals surface area contributed by atoms with Crippen molar-refractivity contribution in [3.05, 3.63) is 74.3 Å². The quantitative estimate of drug-likeness (QED) is 0.637. The summed E-state index contributed by atoms with van der Waals surface area (Å²) in [5.41, 5.74) is 2.45. The number of aryl methyl sites for hydroxylation is 2. The Morgan fingerprint density at radius 3 is 2.78 bits per heavy atom. The van der Waals surface area contributed by atoms with Crippen LogP contribution in [0.3, 0.4) is 0 Å². The second kappa shape index (κ2) is 8.55. The maximum atomic E-state index is 12.5. The number of amides is 1. The first kappa shape index (κ1) is 19.4. The monoisotopic (exact) mass is 403 g/mol. The molecule has 0 aliphatic heterocycles. The average molecular weight is 404 g/mol.